The number of ether oxygens (including phenoxy) is 1. The van der Waals surface area contributed by atoms with Crippen LogP contribution in [0.4, 0.5) is 0 Å². The first-order valence-electron chi connectivity index (χ1n) is 11.1. The van der Waals surface area contributed by atoms with Gasteiger partial charge in [0.15, 0.2) is 0 Å². The molecule has 1 heterocycles. The molecule has 158 valence electrons. The maximum atomic E-state index is 6.92. The molecule has 0 aromatic heterocycles. The molecule has 6 aromatic rings. The first kappa shape index (κ1) is 19.6. The summed E-state index contributed by atoms with van der Waals surface area (Å²) in [7, 11) is 0. The van der Waals surface area contributed by atoms with Crippen LogP contribution in [0, 0.1) is 0 Å². The minimum Gasteiger partial charge on any atom is -0.484 e. The van der Waals surface area contributed by atoms with Gasteiger partial charge in [-0.1, -0.05) is 105 Å². The Labute approximate surface area is 208 Å². The van der Waals surface area contributed by atoms with Gasteiger partial charge in [-0.2, -0.15) is 0 Å². The van der Waals surface area contributed by atoms with Crippen molar-refractivity contribution in [2.24, 2.45) is 0 Å². The second-order valence-corrected chi connectivity index (χ2v) is 10.6. The molecule has 0 aliphatic carbocycles. The van der Waals surface area contributed by atoms with Crippen LogP contribution >= 0.6 is 31.9 Å². The summed E-state index contributed by atoms with van der Waals surface area (Å²) in [5.74, 6) is 1.12. The van der Waals surface area contributed by atoms with Crippen molar-refractivity contribution in [1.29, 1.82) is 0 Å². The zero-order valence-corrected chi connectivity index (χ0v) is 20.7. The Morgan fingerprint density at radius 3 is 1.73 bits per heavy atom. The minimum absolute atomic E-state index is 0.0934. The third kappa shape index (κ3) is 2.89. The molecular weight excluding hydrogens is 536 g/mol. The van der Waals surface area contributed by atoms with Gasteiger partial charge in [0.1, 0.15) is 11.9 Å². The van der Waals surface area contributed by atoms with Gasteiger partial charge in [0.05, 0.1) is 5.92 Å². The van der Waals surface area contributed by atoms with E-state index in [2.05, 4.69) is 129 Å². The van der Waals surface area contributed by atoms with Gasteiger partial charge in [0, 0.05) is 25.3 Å². The number of benzene rings is 6. The lowest BCUT2D eigenvalue weighted by molar-refractivity contribution is 0.224. The lowest BCUT2D eigenvalue weighted by Gasteiger charge is -2.21. The van der Waals surface area contributed by atoms with E-state index in [1.165, 1.54) is 49.0 Å². The van der Waals surface area contributed by atoms with E-state index in [9.17, 15) is 0 Å². The van der Waals surface area contributed by atoms with Crippen LogP contribution in [0.25, 0.3) is 32.3 Å². The highest BCUT2D eigenvalue weighted by atomic mass is 79.9. The topological polar surface area (TPSA) is 9.23 Å². The fourth-order valence-electron chi connectivity index (χ4n) is 5.54. The molecule has 0 saturated heterocycles. The van der Waals surface area contributed by atoms with Crippen LogP contribution in [0.15, 0.2) is 106 Å². The van der Waals surface area contributed by atoms with Gasteiger partial charge >= 0.3 is 0 Å². The fraction of sp³-hybridized carbons (Fsp3) is 0.0667. The van der Waals surface area contributed by atoms with Crippen molar-refractivity contribution >= 4 is 64.2 Å². The zero-order chi connectivity index (χ0) is 22.1. The quantitative estimate of drug-likeness (QED) is 0.194. The van der Waals surface area contributed by atoms with E-state index in [0.717, 1.165) is 14.7 Å². The Bertz CT molecular complexity index is 1650. The molecule has 3 heteroatoms. The van der Waals surface area contributed by atoms with Gasteiger partial charge < -0.3 is 4.74 Å². The molecule has 2 atom stereocenters. The van der Waals surface area contributed by atoms with Crippen LogP contribution in [0.2, 0.25) is 0 Å². The predicted octanol–water partition coefficient (Wildman–Crippen LogP) is 9.37. The molecule has 6 aromatic carbocycles. The van der Waals surface area contributed by atoms with Gasteiger partial charge in [-0.15, -0.1) is 0 Å². The number of hydrogen-bond donors (Lipinski definition) is 0. The van der Waals surface area contributed by atoms with Crippen molar-refractivity contribution < 1.29 is 4.74 Å². The van der Waals surface area contributed by atoms with E-state index in [1.54, 1.807) is 0 Å². The van der Waals surface area contributed by atoms with Crippen LogP contribution in [0.5, 0.6) is 5.75 Å². The van der Waals surface area contributed by atoms with Crippen LogP contribution in [0.1, 0.15) is 28.7 Å². The highest BCUT2D eigenvalue weighted by molar-refractivity contribution is 9.10. The van der Waals surface area contributed by atoms with Crippen LogP contribution in [0.3, 0.4) is 0 Å². The molecule has 0 bridgehead atoms. The van der Waals surface area contributed by atoms with Crippen LogP contribution < -0.4 is 4.74 Å². The van der Waals surface area contributed by atoms with Crippen molar-refractivity contribution in [2.45, 2.75) is 12.0 Å². The van der Waals surface area contributed by atoms with Gasteiger partial charge in [0.25, 0.3) is 0 Å². The molecule has 0 fully saturated rings. The summed E-state index contributed by atoms with van der Waals surface area (Å²) < 4.78 is 9.08. The molecule has 1 aliphatic heterocycles. The standard InChI is InChI=1S/C30H18Br2O/c31-21-13-9-19(10-14-21)27-28-23-5-1-3-17-7-8-18-4-2-6-24(26(18)25(17)23)30(28)33-29(27)20-11-15-22(32)16-12-20/h1-16,27,29H. The first-order valence-corrected chi connectivity index (χ1v) is 12.6. The molecule has 0 spiro atoms. The zero-order valence-electron chi connectivity index (χ0n) is 17.6. The van der Waals surface area contributed by atoms with Crippen molar-refractivity contribution in [3.05, 3.63) is 123 Å². The van der Waals surface area contributed by atoms with Gasteiger partial charge in [-0.3, -0.25) is 0 Å². The van der Waals surface area contributed by atoms with Gasteiger partial charge in [-0.05, 0) is 56.9 Å². The summed E-state index contributed by atoms with van der Waals surface area (Å²) in [6.45, 7) is 0. The summed E-state index contributed by atoms with van der Waals surface area (Å²) in [5.41, 5.74) is 3.74. The Morgan fingerprint density at radius 2 is 1.09 bits per heavy atom. The molecule has 7 rings (SSSR count). The molecular formula is C30H18Br2O. The summed E-state index contributed by atoms with van der Waals surface area (Å²) in [5, 5.41) is 7.67. The summed E-state index contributed by atoms with van der Waals surface area (Å²) >= 11 is 7.19. The normalized spacial score (nSPS) is 17.6. The van der Waals surface area contributed by atoms with Gasteiger partial charge in [0.2, 0.25) is 0 Å². The molecule has 1 aliphatic rings. The minimum atomic E-state index is -0.0934. The highest BCUT2D eigenvalue weighted by Gasteiger charge is 2.39. The Balaban J connectivity index is 1.60. The second kappa shape index (κ2) is 7.31. The Hall–Kier alpha value is -2.88. The number of hydrogen-bond acceptors (Lipinski definition) is 1. The van der Waals surface area contributed by atoms with E-state index in [0.29, 0.717) is 0 Å². The van der Waals surface area contributed by atoms with Crippen molar-refractivity contribution in [2.75, 3.05) is 0 Å². The number of fused-ring (bicyclic) bond motifs is 3. The predicted molar refractivity (Wildman–Crippen MR) is 144 cm³/mol. The SMILES string of the molecule is Brc1ccc(C2Oc3c(c4cccc5ccc6cccc3c6c54)C2c2ccc(Br)cc2)cc1. The summed E-state index contributed by atoms with van der Waals surface area (Å²) in [4.78, 5) is 0. The van der Waals surface area contributed by atoms with E-state index in [-0.39, 0.29) is 12.0 Å². The van der Waals surface area contributed by atoms with Crippen molar-refractivity contribution in [1.82, 2.24) is 0 Å². The van der Waals surface area contributed by atoms with E-state index in [1.807, 2.05) is 0 Å². The summed E-state index contributed by atoms with van der Waals surface area (Å²) in [6.07, 6.45) is -0.0934. The lowest BCUT2D eigenvalue weighted by Crippen LogP contribution is -2.11. The third-order valence-corrected chi connectivity index (χ3v) is 8.01. The summed E-state index contributed by atoms with van der Waals surface area (Å²) in [6, 6.07) is 35.0. The maximum Gasteiger partial charge on any atom is 0.135 e. The molecule has 0 radical (unpaired) electrons. The average molecular weight is 554 g/mol. The second-order valence-electron chi connectivity index (χ2n) is 8.73. The highest BCUT2D eigenvalue weighted by Crippen LogP contribution is 2.56. The van der Waals surface area contributed by atoms with Crippen molar-refractivity contribution in [3.8, 4) is 5.75 Å². The average Bonchev–Trinajstić information content (AvgIpc) is 3.25. The lowest BCUT2D eigenvalue weighted by atomic mass is 9.81. The molecule has 33 heavy (non-hydrogen) atoms. The fourth-order valence-corrected chi connectivity index (χ4v) is 6.07. The smallest absolute Gasteiger partial charge is 0.135 e. The number of halogens is 2. The number of rotatable bonds is 2. The van der Waals surface area contributed by atoms with Crippen LogP contribution in [-0.2, 0) is 0 Å². The largest absolute Gasteiger partial charge is 0.484 e. The van der Waals surface area contributed by atoms with Gasteiger partial charge in [-0.25, -0.2) is 0 Å². The molecule has 0 N–H and O–H groups in total. The monoisotopic (exact) mass is 552 g/mol. The van der Waals surface area contributed by atoms with E-state index < -0.39 is 0 Å². The maximum absolute atomic E-state index is 6.92. The van der Waals surface area contributed by atoms with E-state index >= 15 is 0 Å². The first-order chi connectivity index (χ1) is 16.2. The molecule has 0 saturated carbocycles. The Morgan fingerprint density at radius 1 is 0.545 bits per heavy atom. The van der Waals surface area contributed by atoms with Crippen LogP contribution in [-0.4, -0.2) is 0 Å². The molecule has 0 amide bonds. The molecule has 2 unspecified atom stereocenters. The molecule has 1 nitrogen and oxygen atoms in total. The van der Waals surface area contributed by atoms with Crippen molar-refractivity contribution in [3.63, 3.8) is 0 Å². The third-order valence-electron chi connectivity index (χ3n) is 6.95. The Kier molecular flexibility index (Phi) is 4.34. The van der Waals surface area contributed by atoms with E-state index in [4.69, 9.17) is 4.74 Å².